The minimum Gasteiger partial charge on any atom is -0.396 e. The molecule has 17 heavy (non-hydrogen) atoms. The molecule has 1 aliphatic heterocycles. The number of nitrogens with zero attached hydrogens (tertiary/aromatic N) is 1. The largest absolute Gasteiger partial charge is 0.396 e. The van der Waals surface area contributed by atoms with Gasteiger partial charge in [0.15, 0.2) is 0 Å². The third kappa shape index (κ3) is 2.18. The van der Waals surface area contributed by atoms with Crippen LogP contribution in [-0.2, 0) is 0 Å². The van der Waals surface area contributed by atoms with E-state index in [1.54, 1.807) is 0 Å². The molecule has 1 aromatic rings. The summed E-state index contributed by atoms with van der Waals surface area (Å²) in [6, 6.07) is 4.45. The van der Waals surface area contributed by atoms with E-state index in [1.807, 2.05) is 12.3 Å². The molecule has 0 radical (unpaired) electrons. The Morgan fingerprint density at radius 1 is 1.41 bits per heavy atom. The van der Waals surface area contributed by atoms with Gasteiger partial charge in [0.2, 0.25) is 0 Å². The molecule has 90 valence electrons. The van der Waals surface area contributed by atoms with Gasteiger partial charge in [-0.1, -0.05) is 23.8 Å². The Balaban J connectivity index is 2.53. The highest BCUT2D eigenvalue weighted by Crippen LogP contribution is 2.34. The average molecular weight is 229 g/mol. The lowest BCUT2D eigenvalue weighted by Crippen LogP contribution is -2.22. The summed E-state index contributed by atoms with van der Waals surface area (Å²) >= 11 is 0. The maximum atomic E-state index is 9.22. The Kier molecular flexibility index (Phi) is 3.43. The molecule has 0 bridgehead atoms. The minimum atomic E-state index is 0.0936. The first-order valence-corrected chi connectivity index (χ1v) is 6.05. The van der Waals surface area contributed by atoms with Gasteiger partial charge in [-0.2, -0.15) is 0 Å². The molecule has 0 amide bonds. The van der Waals surface area contributed by atoms with Gasteiger partial charge in [0.1, 0.15) is 0 Å². The van der Waals surface area contributed by atoms with Gasteiger partial charge in [0.25, 0.3) is 0 Å². The van der Waals surface area contributed by atoms with Crippen molar-refractivity contribution in [2.75, 3.05) is 6.61 Å². The van der Waals surface area contributed by atoms with E-state index < -0.39 is 0 Å². The highest BCUT2D eigenvalue weighted by Gasteiger charge is 2.26. The Morgan fingerprint density at radius 3 is 2.82 bits per heavy atom. The molecular weight excluding hydrogens is 210 g/mol. The zero-order valence-corrected chi connectivity index (χ0v) is 10.5. The van der Waals surface area contributed by atoms with Crippen LogP contribution in [0.4, 0.5) is 0 Å². The second kappa shape index (κ2) is 4.84. The van der Waals surface area contributed by atoms with Crippen LogP contribution in [0.2, 0.25) is 0 Å². The molecule has 2 heteroatoms. The van der Waals surface area contributed by atoms with Crippen LogP contribution in [0.25, 0.3) is 0 Å². The summed E-state index contributed by atoms with van der Waals surface area (Å²) in [6.07, 6.45) is 4.56. The third-order valence-electron chi connectivity index (χ3n) is 3.41. The number of aliphatic hydroxyl groups excluding tert-OH is 1. The highest BCUT2D eigenvalue weighted by molar-refractivity contribution is 5.85. The standard InChI is InChI=1S/C15H19NO/c1-4-14-13(5-6-17)15-11(3)7-10(2)8-12(15)9-16-14/h4,7-9,13-14,17H,1,5-6H2,2-3H3. The van der Waals surface area contributed by atoms with Gasteiger partial charge in [-0.3, -0.25) is 4.99 Å². The molecule has 2 nitrogen and oxygen atoms in total. The zero-order valence-electron chi connectivity index (χ0n) is 10.5. The summed E-state index contributed by atoms with van der Waals surface area (Å²) in [4.78, 5) is 4.52. The first-order valence-electron chi connectivity index (χ1n) is 6.05. The van der Waals surface area contributed by atoms with E-state index in [9.17, 15) is 5.11 Å². The molecule has 1 N–H and O–H groups in total. The van der Waals surface area contributed by atoms with Crippen LogP contribution in [0.3, 0.4) is 0 Å². The second-order valence-corrected chi connectivity index (χ2v) is 4.71. The van der Waals surface area contributed by atoms with Crippen molar-refractivity contribution in [3.63, 3.8) is 0 Å². The quantitative estimate of drug-likeness (QED) is 0.794. The lowest BCUT2D eigenvalue weighted by atomic mass is 9.81. The molecule has 1 aromatic carbocycles. The summed E-state index contributed by atoms with van der Waals surface area (Å²) in [5.41, 5.74) is 5.06. The van der Waals surface area contributed by atoms with Crippen molar-refractivity contribution in [1.82, 2.24) is 0 Å². The van der Waals surface area contributed by atoms with Gasteiger partial charge < -0.3 is 5.11 Å². The van der Waals surface area contributed by atoms with Crippen molar-refractivity contribution < 1.29 is 5.11 Å². The third-order valence-corrected chi connectivity index (χ3v) is 3.41. The van der Waals surface area contributed by atoms with Gasteiger partial charge >= 0.3 is 0 Å². The Bertz CT molecular complexity index is 462. The van der Waals surface area contributed by atoms with Crippen LogP contribution in [0, 0.1) is 13.8 Å². The van der Waals surface area contributed by atoms with E-state index in [-0.39, 0.29) is 18.6 Å². The summed E-state index contributed by atoms with van der Waals surface area (Å²) in [7, 11) is 0. The van der Waals surface area contributed by atoms with Crippen LogP contribution in [-0.4, -0.2) is 24.0 Å². The lowest BCUT2D eigenvalue weighted by molar-refractivity contribution is 0.271. The summed E-state index contributed by atoms with van der Waals surface area (Å²) in [5, 5.41) is 9.22. The number of fused-ring (bicyclic) bond motifs is 1. The van der Waals surface area contributed by atoms with Crippen molar-refractivity contribution in [1.29, 1.82) is 0 Å². The molecule has 0 fully saturated rings. The molecular formula is C15H19NO. The highest BCUT2D eigenvalue weighted by atomic mass is 16.3. The number of benzene rings is 1. The van der Waals surface area contributed by atoms with Crippen LogP contribution in [0.15, 0.2) is 29.8 Å². The molecule has 1 aliphatic rings. The van der Waals surface area contributed by atoms with Gasteiger partial charge in [-0.25, -0.2) is 0 Å². The Labute approximate surface area is 103 Å². The number of aliphatic imine (C=N–C) groups is 1. The fourth-order valence-corrected chi connectivity index (χ4v) is 2.75. The summed E-state index contributed by atoms with van der Waals surface area (Å²) in [6.45, 7) is 8.27. The number of hydrogen-bond donors (Lipinski definition) is 1. The number of hydrogen-bond acceptors (Lipinski definition) is 2. The second-order valence-electron chi connectivity index (χ2n) is 4.71. The molecule has 0 saturated heterocycles. The normalized spacial score (nSPS) is 22.3. The zero-order chi connectivity index (χ0) is 12.4. The first kappa shape index (κ1) is 12.1. The SMILES string of the molecule is C=CC1N=Cc2cc(C)cc(C)c2C1CCO. The topological polar surface area (TPSA) is 32.6 Å². The molecule has 0 saturated carbocycles. The van der Waals surface area contributed by atoms with E-state index >= 15 is 0 Å². The maximum Gasteiger partial charge on any atom is 0.0747 e. The van der Waals surface area contributed by atoms with Crippen LogP contribution in [0.5, 0.6) is 0 Å². The maximum absolute atomic E-state index is 9.22. The van der Waals surface area contributed by atoms with Gasteiger partial charge in [0.05, 0.1) is 6.04 Å². The summed E-state index contributed by atoms with van der Waals surface area (Å²) < 4.78 is 0. The molecule has 2 unspecified atom stereocenters. The average Bonchev–Trinajstić information content (AvgIpc) is 2.29. The molecule has 2 rings (SSSR count). The van der Waals surface area contributed by atoms with E-state index in [0.717, 1.165) is 6.42 Å². The van der Waals surface area contributed by atoms with E-state index in [0.29, 0.717) is 0 Å². The van der Waals surface area contributed by atoms with E-state index in [4.69, 9.17) is 0 Å². The van der Waals surface area contributed by atoms with Crippen molar-refractivity contribution in [3.8, 4) is 0 Å². The van der Waals surface area contributed by atoms with Crippen molar-refractivity contribution in [2.24, 2.45) is 4.99 Å². The molecule has 0 aliphatic carbocycles. The van der Waals surface area contributed by atoms with Crippen LogP contribution in [0.1, 0.15) is 34.6 Å². The van der Waals surface area contributed by atoms with Crippen molar-refractivity contribution in [2.45, 2.75) is 32.2 Å². The fraction of sp³-hybridized carbons (Fsp3) is 0.400. The van der Waals surface area contributed by atoms with Gasteiger partial charge in [0, 0.05) is 18.7 Å². The van der Waals surface area contributed by atoms with Crippen LogP contribution < -0.4 is 0 Å². The fourth-order valence-electron chi connectivity index (χ4n) is 2.75. The molecule has 0 aromatic heterocycles. The first-order chi connectivity index (χ1) is 8.17. The number of rotatable bonds is 3. The Morgan fingerprint density at radius 2 is 2.18 bits per heavy atom. The van der Waals surface area contributed by atoms with Crippen molar-refractivity contribution in [3.05, 3.63) is 47.0 Å². The summed E-state index contributed by atoms with van der Waals surface area (Å²) in [5.74, 6) is 0.262. The predicted molar refractivity (Wildman–Crippen MR) is 71.9 cm³/mol. The molecule has 0 spiro atoms. The predicted octanol–water partition coefficient (Wildman–Crippen LogP) is 2.76. The van der Waals surface area contributed by atoms with E-state index in [1.165, 1.54) is 22.3 Å². The molecule has 2 atom stereocenters. The minimum absolute atomic E-state index is 0.0936. The van der Waals surface area contributed by atoms with E-state index in [2.05, 4.69) is 37.6 Å². The lowest BCUT2D eigenvalue weighted by Gasteiger charge is -2.28. The van der Waals surface area contributed by atoms with Crippen molar-refractivity contribution >= 4 is 6.21 Å². The number of aliphatic hydroxyl groups is 1. The Hall–Kier alpha value is -1.41. The number of aryl methyl sites for hydroxylation is 2. The van der Waals surface area contributed by atoms with Crippen LogP contribution >= 0.6 is 0 Å². The van der Waals surface area contributed by atoms with Gasteiger partial charge in [-0.15, -0.1) is 6.58 Å². The molecule has 1 heterocycles. The monoisotopic (exact) mass is 229 g/mol. The van der Waals surface area contributed by atoms with Gasteiger partial charge in [-0.05, 0) is 37.0 Å². The smallest absolute Gasteiger partial charge is 0.0747 e.